The summed E-state index contributed by atoms with van der Waals surface area (Å²) in [5, 5.41) is 2.37. The molecule has 0 aliphatic carbocycles. The number of nitrogens with zero attached hydrogens (tertiary/aromatic N) is 6. The van der Waals surface area contributed by atoms with Crippen molar-refractivity contribution in [3.8, 4) is 28.2 Å². The monoisotopic (exact) mass is 762 g/mol. The van der Waals surface area contributed by atoms with Crippen LogP contribution in [-0.2, 0) is 0 Å². The van der Waals surface area contributed by atoms with Gasteiger partial charge in [-0.2, -0.15) is 0 Å². The largest absolute Gasteiger partial charge is 0.310 e. The molecule has 0 spiro atoms. The molecule has 0 fully saturated rings. The van der Waals surface area contributed by atoms with E-state index in [1.54, 1.807) is 11.8 Å². The fraction of sp³-hybridized carbons (Fsp3) is 0. The average Bonchev–Trinajstić information content (AvgIpc) is 3.64. The molecular weight excluding hydrogens is 729 g/mol. The van der Waals surface area contributed by atoms with Crippen LogP contribution in [0.3, 0.4) is 0 Å². The maximum atomic E-state index is 5.61. The van der Waals surface area contributed by atoms with E-state index < -0.39 is 0 Å². The quantitative estimate of drug-likeness (QED) is 0.161. The maximum Gasteiger partial charge on any atom is 0.142 e. The van der Waals surface area contributed by atoms with E-state index in [9.17, 15) is 0 Å². The highest BCUT2D eigenvalue weighted by molar-refractivity contribution is 7.99. The number of fused-ring (bicyclic) bond motifs is 5. The van der Waals surface area contributed by atoms with Gasteiger partial charge in [-0.25, -0.2) is 4.98 Å². The Kier molecular flexibility index (Phi) is 8.30. The summed E-state index contributed by atoms with van der Waals surface area (Å²) < 4.78 is 2.31. The van der Waals surface area contributed by atoms with Gasteiger partial charge in [-0.1, -0.05) is 103 Å². The van der Waals surface area contributed by atoms with Gasteiger partial charge in [-0.3, -0.25) is 19.4 Å². The van der Waals surface area contributed by atoms with Crippen LogP contribution in [0, 0.1) is 0 Å². The molecule has 0 saturated carbocycles. The second kappa shape index (κ2) is 14.2. The van der Waals surface area contributed by atoms with Crippen LogP contribution in [0.15, 0.2) is 216 Å². The minimum absolute atomic E-state index is 0.818. The first-order valence-electron chi connectivity index (χ1n) is 19.3. The van der Waals surface area contributed by atoms with Gasteiger partial charge in [0.1, 0.15) is 11.6 Å². The van der Waals surface area contributed by atoms with Gasteiger partial charge < -0.3 is 4.90 Å². The SMILES string of the molecule is c1ccc(-c2ccc(N(c3ccc(-c4ccncc4)cc3)c3cc(N4c5ccccc5Sc5ccccc54)nc(-n4c5ccccc5c5ccccc54)c3)cc2)nc1. The molecule has 11 rings (SSSR count). The van der Waals surface area contributed by atoms with Crippen molar-refractivity contribution in [2.45, 2.75) is 9.79 Å². The first kappa shape index (κ1) is 33.8. The summed E-state index contributed by atoms with van der Waals surface area (Å²) in [4.78, 5) is 21.5. The molecule has 0 bridgehead atoms. The summed E-state index contributed by atoms with van der Waals surface area (Å²) in [5.74, 6) is 1.64. The highest BCUT2D eigenvalue weighted by Crippen LogP contribution is 2.52. The zero-order chi connectivity index (χ0) is 38.4. The van der Waals surface area contributed by atoms with Crippen molar-refractivity contribution >= 4 is 67.8 Å². The molecular formula is C51H34N6S. The van der Waals surface area contributed by atoms with Crippen molar-refractivity contribution in [2.24, 2.45) is 0 Å². The Hall–Kier alpha value is -7.48. The molecule has 10 aromatic rings. The Balaban J connectivity index is 1.17. The molecule has 6 aromatic carbocycles. The van der Waals surface area contributed by atoms with E-state index in [1.165, 1.54) is 20.6 Å². The predicted octanol–water partition coefficient (Wildman–Crippen LogP) is 13.7. The molecule has 0 amide bonds. The molecule has 7 heteroatoms. The molecule has 1 aliphatic rings. The van der Waals surface area contributed by atoms with E-state index in [-0.39, 0.29) is 0 Å². The number of para-hydroxylation sites is 4. The van der Waals surface area contributed by atoms with Gasteiger partial charge >= 0.3 is 0 Å². The molecule has 0 saturated heterocycles. The summed E-state index contributed by atoms with van der Waals surface area (Å²) in [6.07, 6.45) is 5.51. The number of aromatic nitrogens is 4. The standard InChI is InChI=1S/C51H34N6S/c1-3-14-44-41(11-1)42-12-2-4-15-45(42)56(44)50-33-40(34-51(54-50)57-46-16-5-7-18-48(46)58-49-19-8-6-17-47(49)57)55(38-24-20-35(21-25-38)36-28-31-52-32-29-36)39-26-22-37(23-27-39)43-13-9-10-30-53-43/h1-34H. The average molecular weight is 763 g/mol. The topological polar surface area (TPSA) is 50.1 Å². The molecule has 4 aromatic heterocycles. The summed E-state index contributed by atoms with van der Waals surface area (Å²) in [5.41, 5.74) is 11.6. The number of pyridine rings is 3. The Labute approximate surface area is 340 Å². The summed E-state index contributed by atoms with van der Waals surface area (Å²) in [7, 11) is 0. The number of hydrogen-bond acceptors (Lipinski definition) is 6. The summed E-state index contributed by atoms with van der Waals surface area (Å²) in [6.45, 7) is 0. The van der Waals surface area contributed by atoms with E-state index >= 15 is 0 Å². The fourth-order valence-corrected chi connectivity index (χ4v) is 9.13. The number of hydrogen-bond donors (Lipinski definition) is 0. The lowest BCUT2D eigenvalue weighted by atomic mass is 10.1. The van der Waals surface area contributed by atoms with Crippen LogP contribution < -0.4 is 9.80 Å². The third-order valence-corrected chi connectivity index (χ3v) is 11.9. The first-order chi connectivity index (χ1) is 28.8. The molecule has 0 atom stereocenters. The van der Waals surface area contributed by atoms with E-state index in [0.29, 0.717) is 0 Å². The number of rotatable bonds is 7. The van der Waals surface area contributed by atoms with E-state index in [0.717, 1.165) is 73.5 Å². The molecule has 0 radical (unpaired) electrons. The smallest absolute Gasteiger partial charge is 0.142 e. The van der Waals surface area contributed by atoms with Crippen molar-refractivity contribution < 1.29 is 0 Å². The highest BCUT2D eigenvalue weighted by Gasteiger charge is 2.28. The molecule has 274 valence electrons. The molecule has 1 aliphatic heterocycles. The van der Waals surface area contributed by atoms with Crippen molar-refractivity contribution in [3.05, 3.63) is 207 Å². The molecule has 58 heavy (non-hydrogen) atoms. The van der Waals surface area contributed by atoms with Gasteiger partial charge in [-0.05, 0) is 96.1 Å². The molecule has 5 heterocycles. The van der Waals surface area contributed by atoms with Crippen molar-refractivity contribution in [1.82, 2.24) is 19.5 Å². The van der Waals surface area contributed by atoms with Gasteiger partial charge in [0.05, 0.1) is 33.8 Å². The van der Waals surface area contributed by atoms with Crippen LogP contribution in [0.4, 0.5) is 34.3 Å². The third-order valence-electron chi connectivity index (χ3n) is 10.7. The lowest BCUT2D eigenvalue weighted by Gasteiger charge is -2.33. The van der Waals surface area contributed by atoms with Gasteiger partial charge in [-0.15, -0.1) is 0 Å². The summed E-state index contributed by atoms with van der Waals surface area (Å²) in [6, 6.07) is 66.4. The fourth-order valence-electron chi connectivity index (χ4n) is 8.08. The second-order valence-corrected chi connectivity index (χ2v) is 15.2. The first-order valence-corrected chi connectivity index (χ1v) is 20.1. The van der Waals surface area contributed by atoms with Crippen molar-refractivity contribution in [2.75, 3.05) is 9.80 Å². The Morgan fingerprint density at radius 3 is 1.59 bits per heavy atom. The molecule has 0 unspecified atom stereocenters. The zero-order valence-corrected chi connectivity index (χ0v) is 32.0. The lowest BCUT2D eigenvalue weighted by Crippen LogP contribution is -2.18. The number of benzene rings is 6. The number of anilines is 6. The minimum atomic E-state index is 0.818. The van der Waals surface area contributed by atoms with Crippen LogP contribution in [0.25, 0.3) is 50.0 Å². The Bertz CT molecular complexity index is 2910. The van der Waals surface area contributed by atoms with Gasteiger partial charge in [0, 0.05) is 68.2 Å². The third kappa shape index (κ3) is 5.88. The van der Waals surface area contributed by atoms with Crippen LogP contribution in [0.2, 0.25) is 0 Å². The van der Waals surface area contributed by atoms with Gasteiger partial charge in [0.2, 0.25) is 0 Å². The van der Waals surface area contributed by atoms with E-state index in [1.807, 2.05) is 48.9 Å². The van der Waals surface area contributed by atoms with Crippen molar-refractivity contribution in [3.63, 3.8) is 0 Å². The Morgan fingerprint density at radius 2 is 0.966 bits per heavy atom. The summed E-state index contributed by atoms with van der Waals surface area (Å²) >= 11 is 1.80. The van der Waals surface area contributed by atoms with E-state index in [2.05, 4.69) is 182 Å². The molecule has 0 N–H and O–H groups in total. The normalized spacial score (nSPS) is 12.0. The zero-order valence-electron chi connectivity index (χ0n) is 31.2. The second-order valence-electron chi connectivity index (χ2n) is 14.2. The van der Waals surface area contributed by atoms with Crippen molar-refractivity contribution in [1.29, 1.82) is 0 Å². The molecule has 6 nitrogen and oxygen atoms in total. The van der Waals surface area contributed by atoms with Crippen LogP contribution >= 0.6 is 11.8 Å². The minimum Gasteiger partial charge on any atom is -0.310 e. The van der Waals surface area contributed by atoms with Crippen LogP contribution in [0.5, 0.6) is 0 Å². The van der Waals surface area contributed by atoms with Gasteiger partial charge in [0.15, 0.2) is 0 Å². The maximum absolute atomic E-state index is 5.61. The van der Waals surface area contributed by atoms with Crippen LogP contribution in [-0.4, -0.2) is 19.5 Å². The van der Waals surface area contributed by atoms with Crippen LogP contribution in [0.1, 0.15) is 0 Å². The highest BCUT2D eigenvalue weighted by atomic mass is 32.2. The van der Waals surface area contributed by atoms with E-state index in [4.69, 9.17) is 4.98 Å². The predicted molar refractivity (Wildman–Crippen MR) is 239 cm³/mol. The lowest BCUT2D eigenvalue weighted by molar-refractivity contribution is 1.04. The van der Waals surface area contributed by atoms with Gasteiger partial charge in [0.25, 0.3) is 0 Å². The Morgan fingerprint density at radius 1 is 0.431 bits per heavy atom.